The zero-order chi connectivity index (χ0) is 15.2. The van der Waals surface area contributed by atoms with Gasteiger partial charge in [-0.25, -0.2) is 0 Å². The van der Waals surface area contributed by atoms with Gasteiger partial charge < -0.3 is 10.1 Å². The van der Waals surface area contributed by atoms with E-state index in [0.29, 0.717) is 5.92 Å². The lowest BCUT2D eigenvalue weighted by Gasteiger charge is -2.16. The number of para-hydroxylation sites is 1. The predicted molar refractivity (Wildman–Crippen MR) is 87.9 cm³/mol. The second kappa shape index (κ2) is 7.36. The van der Waals surface area contributed by atoms with Crippen molar-refractivity contribution in [2.24, 2.45) is 5.92 Å². The summed E-state index contributed by atoms with van der Waals surface area (Å²) in [5, 5.41) is 3.47. The Morgan fingerprint density at radius 3 is 2.91 bits per heavy atom. The molecule has 22 heavy (non-hydrogen) atoms. The molecule has 1 fully saturated rings. The second-order valence-electron chi connectivity index (χ2n) is 5.80. The van der Waals surface area contributed by atoms with Crippen LogP contribution in [0.4, 0.5) is 0 Å². The van der Waals surface area contributed by atoms with Crippen LogP contribution < -0.4 is 10.1 Å². The van der Waals surface area contributed by atoms with Crippen LogP contribution >= 0.6 is 0 Å². The molecule has 116 valence electrons. The molecule has 1 aliphatic heterocycles. The zero-order valence-corrected chi connectivity index (χ0v) is 13.1. The number of nitrogens with zero attached hydrogens (tertiary/aromatic N) is 2. The van der Waals surface area contributed by atoms with E-state index in [4.69, 9.17) is 4.74 Å². The minimum atomic E-state index is 0.681. The van der Waals surface area contributed by atoms with Crippen molar-refractivity contribution >= 4 is 0 Å². The van der Waals surface area contributed by atoms with Crippen molar-refractivity contribution in [2.45, 2.75) is 25.7 Å². The molecule has 1 unspecified atom stereocenters. The van der Waals surface area contributed by atoms with E-state index in [1.54, 1.807) is 19.5 Å². The van der Waals surface area contributed by atoms with Gasteiger partial charge in [0.2, 0.25) is 0 Å². The molecule has 1 aromatic heterocycles. The molecule has 0 amide bonds. The normalized spacial score (nSPS) is 18.7. The lowest BCUT2D eigenvalue weighted by Crippen LogP contribution is -2.15. The maximum atomic E-state index is 5.49. The first-order chi connectivity index (χ1) is 10.9. The lowest BCUT2D eigenvalue weighted by molar-refractivity contribution is 0.416. The molecule has 2 heterocycles. The number of rotatable bonds is 4. The standard InChI is InChI=1S/C18H23N3O/c1-22-17-7-3-2-6-15(17)18-16(20-11-12-21-18)13-14-5-4-9-19-10-8-14/h2-3,6-7,11-12,14,19H,4-5,8-10,13H2,1H3. The molecule has 0 saturated carbocycles. The summed E-state index contributed by atoms with van der Waals surface area (Å²) in [5.74, 6) is 1.53. The highest BCUT2D eigenvalue weighted by Crippen LogP contribution is 2.31. The van der Waals surface area contributed by atoms with Gasteiger partial charge in [0.1, 0.15) is 5.75 Å². The van der Waals surface area contributed by atoms with E-state index in [0.717, 1.165) is 42.2 Å². The zero-order valence-electron chi connectivity index (χ0n) is 13.1. The molecule has 0 bridgehead atoms. The number of methoxy groups -OCH3 is 1. The van der Waals surface area contributed by atoms with E-state index < -0.39 is 0 Å². The average Bonchev–Trinajstić information content (AvgIpc) is 2.84. The van der Waals surface area contributed by atoms with Crippen LogP contribution in [-0.2, 0) is 6.42 Å². The van der Waals surface area contributed by atoms with Crippen LogP contribution in [0.15, 0.2) is 36.7 Å². The van der Waals surface area contributed by atoms with Crippen molar-refractivity contribution in [3.8, 4) is 17.0 Å². The third kappa shape index (κ3) is 3.45. The first kappa shape index (κ1) is 15.0. The summed E-state index contributed by atoms with van der Waals surface area (Å²) in [4.78, 5) is 9.21. The van der Waals surface area contributed by atoms with E-state index in [9.17, 15) is 0 Å². The molecule has 1 saturated heterocycles. The van der Waals surface area contributed by atoms with Crippen molar-refractivity contribution in [3.63, 3.8) is 0 Å². The molecule has 1 aromatic carbocycles. The molecule has 3 rings (SSSR count). The summed E-state index contributed by atoms with van der Waals surface area (Å²) in [5.41, 5.74) is 3.07. The Morgan fingerprint density at radius 2 is 2.00 bits per heavy atom. The fourth-order valence-corrected chi connectivity index (χ4v) is 3.15. The third-order valence-corrected chi connectivity index (χ3v) is 4.31. The topological polar surface area (TPSA) is 47.0 Å². The maximum absolute atomic E-state index is 5.49. The van der Waals surface area contributed by atoms with E-state index in [1.165, 1.54) is 19.3 Å². The van der Waals surface area contributed by atoms with Gasteiger partial charge in [0.25, 0.3) is 0 Å². The summed E-state index contributed by atoms with van der Waals surface area (Å²) < 4.78 is 5.49. The van der Waals surface area contributed by atoms with Crippen molar-refractivity contribution < 1.29 is 4.74 Å². The summed E-state index contributed by atoms with van der Waals surface area (Å²) in [7, 11) is 1.70. The van der Waals surface area contributed by atoms with Crippen LogP contribution in [0.2, 0.25) is 0 Å². The molecule has 2 aromatic rings. The smallest absolute Gasteiger partial charge is 0.128 e. The van der Waals surface area contributed by atoms with Crippen molar-refractivity contribution in [1.29, 1.82) is 0 Å². The van der Waals surface area contributed by atoms with Gasteiger partial charge in [0.15, 0.2) is 0 Å². The van der Waals surface area contributed by atoms with Crippen LogP contribution in [0.1, 0.15) is 25.0 Å². The van der Waals surface area contributed by atoms with Crippen molar-refractivity contribution in [3.05, 3.63) is 42.4 Å². The summed E-state index contributed by atoms with van der Waals surface area (Å²) in [6, 6.07) is 8.03. The Kier molecular flexibility index (Phi) is 5.01. The Labute approximate surface area is 132 Å². The van der Waals surface area contributed by atoms with E-state index in [1.807, 2.05) is 18.2 Å². The number of hydrogen-bond donors (Lipinski definition) is 1. The van der Waals surface area contributed by atoms with Gasteiger partial charge in [0, 0.05) is 18.0 Å². The van der Waals surface area contributed by atoms with Gasteiger partial charge in [0.05, 0.1) is 18.5 Å². The average molecular weight is 297 g/mol. The number of hydrogen-bond acceptors (Lipinski definition) is 4. The SMILES string of the molecule is COc1ccccc1-c1nccnc1CC1CCCNCC1. The van der Waals surface area contributed by atoms with E-state index in [2.05, 4.69) is 21.4 Å². The number of aromatic nitrogens is 2. The summed E-state index contributed by atoms with van der Waals surface area (Å²) in [6.45, 7) is 2.24. The quantitative estimate of drug-likeness (QED) is 0.942. The van der Waals surface area contributed by atoms with Gasteiger partial charge in [-0.15, -0.1) is 0 Å². The van der Waals surface area contributed by atoms with Gasteiger partial charge in [-0.3, -0.25) is 9.97 Å². The van der Waals surface area contributed by atoms with Crippen LogP contribution in [0.3, 0.4) is 0 Å². The summed E-state index contributed by atoms with van der Waals surface area (Å²) in [6.07, 6.45) is 8.26. The first-order valence-corrected chi connectivity index (χ1v) is 8.02. The molecule has 0 radical (unpaired) electrons. The van der Waals surface area contributed by atoms with Crippen LogP contribution in [0.25, 0.3) is 11.3 Å². The molecule has 1 aliphatic rings. The molecule has 0 spiro atoms. The minimum absolute atomic E-state index is 0.681. The highest BCUT2D eigenvalue weighted by atomic mass is 16.5. The molecule has 1 atom stereocenters. The van der Waals surface area contributed by atoms with Gasteiger partial charge in [-0.1, -0.05) is 12.1 Å². The van der Waals surface area contributed by atoms with Crippen LogP contribution in [0, 0.1) is 5.92 Å². The van der Waals surface area contributed by atoms with Crippen molar-refractivity contribution in [1.82, 2.24) is 15.3 Å². The Bertz CT molecular complexity index is 607. The lowest BCUT2D eigenvalue weighted by atomic mass is 9.93. The largest absolute Gasteiger partial charge is 0.496 e. The van der Waals surface area contributed by atoms with Gasteiger partial charge in [-0.05, 0) is 56.8 Å². The monoisotopic (exact) mass is 297 g/mol. The number of benzene rings is 1. The predicted octanol–water partition coefficient (Wildman–Crippen LogP) is 3.08. The van der Waals surface area contributed by atoms with Crippen LogP contribution in [-0.4, -0.2) is 30.2 Å². The molecule has 4 heteroatoms. The molecular weight excluding hydrogens is 274 g/mol. The number of nitrogens with one attached hydrogen (secondary N) is 1. The second-order valence-corrected chi connectivity index (χ2v) is 5.80. The Morgan fingerprint density at radius 1 is 1.14 bits per heavy atom. The highest BCUT2D eigenvalue weighted by Gasteiger charge is 2.18. The van der Waals surface area contributed by atoms with Crippen LogP contribution in [0.5, 0.6) is 5.75 Å². The molecule has 1 N–H and O–H groups in total. The molecular formula is C18H23N3O. The fraction of sp³-hybridized carbons (Fsp3) is 0.444. The Balaban J connectivity index is 1.89. The number of ether oxygens (including phenoxy) is 1. The van der Waals surface area contributed by atoms with Gasteiger partial charge >= 0.3 is 0 Å². The highest BCUT2D eigenvalue weighted by molar-refractivity contribution is 5.68. The van der Waals surface area contributed by atoms with Gasteiger partial charge in [-0.2, -0.15) is 0 Å². The first-order valence-electron chi connectivity index (χ1n) is 8.02. The summed E-state index contributed by atoms with van der Waals surface area (Å²) >= 11 is 0. The third-order valence-electron chi connectivity index (χ3n) is 4.31. The van der Waals surface area contributed by atoms with E-state index >= 15 is 0 Å². The molecule has 4 nitrogen and oxygen atoms in total. The fourth-order valence-electron chi connectivity index (χ4n) is 3.15. The molecule has 0 aliphatic carbocycles. The minimum Gasteiger partial charge on any atom is -0.496 e. The maximum Gasteiger partial charge on any atom is 0.128 e. The van der Waals surface area contributed by atoms with Crippen molar-refractivity contribution in [2.75, 3.05) is 20.2 Å². The van der Waals surface area contributed by atoms with E-state index in [-0.39, 0.29) is 0 Å². The Hall–Kier alpha value is -1.94.